The largest absolute Gasteiger partial charge is 0.481 e. The molecule has 1 unspecified atom stereocenters. The molecule has 1 saturated heterocycles. The summed E-state index contributed by atoms with van der Waals surface area (Å²) in [7, 11) is 3.00. The third-order valence-electron chi connectivity index (χ3n) is 4.20. The first-order chi connectivity index (χ1) is 11.3. The van der Waals surface area contributed by atoms with Crippen molar-refractivity contribution in [2.75, 3.05) is 26.7 Å². The number of carbonyl (C=O) groups is 3. The smallest absolute Gasteiger partial charge is 0.308 e. The second-order valence-electron chi connectivity index (χ2n) is 6.02. The van der Waals surface area contributed by atoms with Crippen molar-refractivity contribution in [2.24, 2.45) is 13.0 Å². The average Bonchev–Trinajstić information content (AvgIpc) is 2.56. The van der Waals surface area contributed by atoms with Gasteiger partial charge in [0.05, 0.1) is 12.5 Å². The summed E-state index contributed by atoms with van der Waals surface area (Å²) in [6, 6.07) is 3.01. The quantitative estimate of drug-likeness (QED) is 0.820. The van der Waals surface area contributed by atoms with Gasteiger partial charge in [0, 0.05) is 33.4 Å². The Kier molecular flexibility index (Phi) is 5.38. The van der Waals surface area contributed by atoms with Crippen molar-refractivity contribution >= 4 is 17.8 Å². The Hall–Kier alpha value is -2.64. The number of likely N-dealkylation sites (N-methyl/N-ethyl adjacent to an activating group) is 1. The van der Waals surface area contributed by atoms with Crippen LogP contribution in [0.25, 0.3) is 0 Å². The predicted octanol–water partition coefficient (Wildman–Crippen LogP) is -0.219. The average molecular weight is 335 g/mol. The van der Waals surface area contributed by atoms with Crippen LogP contribution in [0.2, 0.25) is 0 Å². The number of hydrogen-bond acceptors (Lipinski definition) is 4. The number of amides is 2. The van der Waals surface area contributed by atoms with Gasteiger partial charge in [0.15, 0.2) is 0 Å². The summed E-state index contributed by atoms with van der Waals surface area (Å²) in [5, 5.41) is 9.07. The van der Waals surface area contributed by atoms with E-state index in [0.29, 0.717) is 19.4 Å². The second-order valence-corrected chi connectivity index (χ2v) is 6.02. The third-order valence-corrected chi connectivity index (χ3v) is 4.20. The van der Waals surface area contributed by atoms with E-state index < -0.39 is 23.4 Å². The normalized spacial score (nSPS) is 17.4. The Morgan fingerprint density at radius 3 is 2.75 bits per heavy atom. The van der Waals surface area contributed by atoms with Crippen LogP contribution in [0.5, 0.6) is 0 Å². The molecule has 0 saturated carbocycles. The van der Waals surface area contributed by atoms with Gasteiger partial charge in [-0.25, -0.2) is 0 Å². The number of aromatic nitrogens is 1. The van der Waals surface area contributed by atoms with E-state index in [9.17, 15) is 19.2 Å². The third kappa shape index (κ3) is 3.81. The van der Waals surface area contributed by atoms with Gasteiger partial charge in [-0.1, -0.05) is 0 Å². The topological polar surface area (TPSA) is 99.9 Å². The molecule has 1 fully saturated rings. The summed E-state index contributed by atoms with van der Waals surface area (Å²) in [5.74, 6) is -2.32. The summed E-state index contributed by atoms with van der Waals surface area (Å²) >= 11 is 0. The molecule has 24 heavy (non-hydrogen) atoms. The molecule has 1 aromatic rings. The maximum absolute atomic E-state index is 12.4. The summed E-state index contributed by atoms with van der Waals surface area (Å²) in [6.07, 6.45) is 2.72. The summed E-state index contributed by atoms with van der Waals surface area (Å²) < 4.78 is 1.30. The van der Waals surface area contributed by atoms with Crippen molar-refractivity contribution in [1.29, 1.82) is 0 Å². The molecule has 0 spiro atoms. The Morgan fingerprint density at radius 2 is 2.08 bits per heavy atom. The lowest BCUT2D eigenvalue weighted by atomic mass is 9.98. The van der Waals surface area contributed by atoms with Crippen LogP contribution in [-0.4, -0.2) is 63.9 Å². The minimum Gasteiger partial charge on any atom is -0.481 e. The number of nitrogens with zero attached hydrogens (tertiary/aromatic N) is 3. The molecule has 2 rings (SSSR count). The van der Waals surface area contributed by atoms with Gasteiger partial charge in [0.2, 0.25) is 5.91 Å². The summed E-state index contributed by atoms with van der Waals surface area (Å²) in [6.45, 7) is 0.449. The number of hydrogen-bond donors (Lipinski definition) is 1. The van der Waals surface area contributed by atoms with Crippen molar-refractivity contribution in [2.45, 2.75) is 12.8 Å². The first-order valence-corrected chi connectivity index (χ1v) is 7.73. The van der Waals surface area contributed by atoms with Gasteiger partial charge in [-0.05, 0) is 25.0 Å². The highest BCUT2D eigenvalue weighted by molar-refractivity contribution is 5.96. The number of pyridine rings is 1. The Bertz CT molecular complexity index is 712. The number of carboxylic acid groups (broad SMARTS) is 1. The van der Waals surface area contributed by atoms with Crippen LogP contribution in [0.15, 0.2) is 23.1 Å². The molecule has 0 aromatic carbocycles. The highest BCUT2D eigenvalue weighted by Gasteiger charge is 2.29. The second kappa shape index (κ2) is 7.29. The standard InChI is InChI=1S/C16H21N3O5/c1-17-7-4-6-12(14(17)21)15(22)18(2)10-13(20)19-8-3-5-11(9-19)16(23)24/h4,6-7,11H,3,5,8-10H2,1-2H3,(H,23,24). The first-order valence-electron chi connectivity index (χ1n) is 7.73. The number of rotatable bonds is 4. The predicted molar refractivity (Wildman–Crippen MR) is 85.6 cm³/mol. The molecule has 130 valence electrons. The minimum atomic E-state index is -0.912. The van der Waals surface area contributed by atoms with Gasteiger partial charge < -0.3 is 19.5 Å². The van der Waals surface area contributed by atoms with Crippen molar-refractivity contribution < 1.29 is 19.5 Å². The monoisotopic (exact) mass is 335 g/mol. The van der Waals surface area contributed by atoms with Crippen LogP contribution in [0.4, 0.5) is 0 Å². The highest BCUT2D eigenvalue weighted by Crippen LogP contribution is 2.16. The van der Waals surface area contributed by atoms with E-state index in [1.807, 2.05) is 0 Å². The number of aliphatic carboxylic acids is 1. The first kappa shape index (κ1) is 17.7. The van der Waals surface area contributed by atoms with E-state index in [0.717, 1.165) is 0 Å². The van der Waals surface area contributed by atoms with Crippen LogP contribution >= 0.6 is 0 Å². The molecule has 2 amide bonds. The fourth-order valence-corrected chi connectivity index (χ4v) is 2.75. The number of likely N-dealkylation sites (tertiary alicyclic amines) is 1. The Balaban J connectivity index is 2.03. The van der Waals surface area contributed by atoms with Crippen molar-refractivity contribution in [3.63, 3.8) is 0 Å². The Morgan fingerprint density at radius 1 is 1.38 bits per heavy atom. The van der Waals surface area contributed by atoms with Crippen molar-refractivity contribution in [3.8, 4) is 0 Å². The number of aryl methyl sites for hydroxylation is 1. The lowest BCUT2D eigenvalue weighted by Gasteiger charge is -2.32. The van der Waals surface area contributed by atoms with Crippen LogP contribution in [-0.2, 0) is 16.6 Å². The van der Waals surface area contributed by atoms with Gasteiger partial charge in [-0.15, -0.1) is 0 Å². The number of carboxylic acids is 1. The fourth-order valence-electron chi connectivity index (χ4n) is 2.75. The lowest BCUT2D eigenvalue weighted by molar-refractivity contribution is -0.145. The molecule has 8 nitrogen and oxygen atoms in total. The zero-order chi connectivity index (χ0) is 17.9. The minimum absolute atomic E-state index is 0.00245. The molecule has 0 radical (unpaired) electrons. The molecule has 8 heteroatoms. The SMILES string of the molecule is CN(CC(=O)N1CCCC(C(=O)O)C1)C(=O)c1cccn(C)c1=O. The highest BCUT2D eigenvalue weighted by atomic mass is 16.4. The zero-order valence-electron chi connectivity index (χ0n) is 13.8. The van der Waals surface area contributed by atoms with Gasteiger partial charge >= 0.3 is 5.97 Å². The molecular weight excluding hydrogens is 314 g/mol. The van der Waals surface area contributed by atoms with E-state index in [1.165, 1.54) is 27.5 Å². The van der Waals surface area contributed by atoms with Crippen LogP contribution in [0.1, 0.15) is 23.2 Å². The molecule has 1 aliphatic rings. The molecule has 1 aromatic heterocycles. The lowest BCUT2D eigenvalue weighted by Crippen LogP contribution is -2.47. The van der Waals surface area contributed by atoms with Gasteiger partial charge in [-0.2, -0.15) is 0 Å². The van der Waals surface area contributed by atoms with Gasteiger partial charge in [0.1, 0.15) is 5.56 Å². The van der Waals surface area contributed by atoms with Crippen LogP contribution in [0.3, 0.4) is 0 Å². The molecular formula is C16H21N3O5. The zero-order valence-corrected chi connectivity index (χ0v) is 13.8. The maximum atomic E-state index is 12.4. The summed E-state index contributed by atoms with van der Waals surface area (Å²) in [5.41, 5.74) is -0.428. The van der Waals surface area contributed by atoms with Crippen LogP contribution in [0, 0.1) is 5.92 Å². The Labute approximate surface area is 139 Å². The van der Waals surface area contributed by atoms with E-state index in [4.69, 9.17) is 5.11 Å². The number of piperidine rings is 1. The van der Waals surface area contributed by atoms with Crippen molar-refractivity contribution in [3.05, 3.63) is 34.2 Å². The van der Waals surface area contributed by atoms with Gasteiger partial charge in [0.25, 0.3) is 11.5 Å². The molecule has 0 bridgehead atoms. The van der Waals surface area contributed by atoms with E-state index in [1.54, 1.807) is 19.3 Å². The molecule has 2 heterocycles. The maximum Gasteiger partial charge on any atom is 0.308 e. The fraction of sp³-hybridized carbons (Fsp3) is 0.500. The molecule has 1 atom stereocenters. The molecule has 1 N–H and O–H groups in total. The summed E-state index contributed by atoms with van der Waals surface area (Å²) in [4.78, 5) is 50.4. The molecule has 0 aliphatic carbocycles. The molecule has 1 aliphatic heterocycles. The van der Waals surface area contributed by atoms with E-state index >= 15 is 0 Å². The van der Waals surface area contributed by atoms with Crippen molar-refractivity contribution in [1.82, 2.24) is 14.4 Å². The van der Waals surface area contributed by atoms with Gasteiger partial charge in [-0.3, -0.25) is 19.2 Å². The van der Waals surface area contributed by atoms with E-state index in [2.05, 4.69) is 0 Å². The van der Waals surface area contributed by atoms with E-state index in [-0.39, 0.29) is 24.6 Å². The van der Waals surface area contributed by atoms with Crippen LogP contribution < -0.4 is 5.56 Å². The number of carbonyl (C=O) groups excluding carboxylic acids is 2.